The summed E-state index contributed by atoms with van der Waals surface area (Å²) >= 11 is 0. The molecule has 5 nitrogen and oxygen atoms in total. The molecule has 0 radical (unpaired) electrons. The van der Waals surface area contributed by atoms with Gasteiger partial charge in [0.25, 0.3) is 0 Å². The second-order valence-electron chi connectivity index (χ2n) is 5.07. The second-order valence-corrected chi connectivity index (χ2v) is 6.93. The van der Waals surface area contributed by atoms with Crippen LogP contribution in [0.15, 0.2) is 39.8 Å². The van der Waals surface area contributed by atoms with E-state index in [2.05, 4.69) is 5.16 Å². The zero-order valence-electron chi connectivity index (χ0n) is 11.5. The third-order valence-corrected chi connectivity index (χ3v) is 5.56. The highest BCUT2D eigenvalue weighted by atomic mass is 32.2. The summed E-state index contributed by atoms with van der Waals surface area (Å²) in [6.07, 6.45) is 1.36. The fraction of sp³-hybridized carbons (Fsp3) is 0.357. The van der Waals surface area contributed by atoms with Crippen LogP contribution in [0, 0.1) is 12.7 Å². The molecule has 1 unspecified atom stereocenters. The largest absolute Gasteiger partial charge is 0.361 e. The summed E-state index contributed by atoms with van der Waals surface area (Å²) in [5.41, 5.74) is 0.574. The summed E-state index contributed by atoms with van der Waals surface area (Å²) in [6.45, 7) is 2.11. The van der Waals surface area contributed by atoms with Gasteiger partial charge in [0, 0.05) is 12.6 Å². The molecule has 112 valence electrons. The fourth-order valence-electron chi connectivity index (χ4n) is 2.65. The normalized spacial score (nSPS) is 20.0. The van der Waals surface area contributed by atoms with Gasteiger partial charge in [-0.15, -0.1) is 0 Å². The maximum Gasteiger partial charge on any atom is 0.246 e. The van der Waals surface area contributed by atoms with Crippen molar-refractivity contribution in [2.24, 2.45) is 0 Å². The molecule has 0 amide bonds. The van der Waals surface area contributed by atoms with E-state index >= 15 is 0 Å². The van der Waals surface area contributed by atoms with Crippen LogP contribution in [0.1, 0.15) is 30.3 Å². The summed E-state index contributed by atoms with van der Waals surface area (Å²) < 4.78 is 45.5. The monoisotopic (exact) mass is 310 g/mol. The molecule has 1 aliphatic rings. The quantitative estimate of drug-likeness (QED) is 0.874. The molecule has 0 bridgehead atoms. The third kappa shape index (κ3) is 2.47. The number of benzene rings is 1. The topological polar surface area (TPSA) is 63.4 Å². The standard InChI is InChI=1S/C14H15FN2O3S/c1-10-9-12(16-20-10)13-6-4-8-17(13)21(18,19)14-7-3-2-5-11(14)15/h2-3,5,7,9,13H,4,6,8H2,1H3. The average molecular weight is 310 g/mol. The lowest BCUT2D eigenvalue weighted by atomic mass is 10.1. The van der Waals surface area contributed by atoms with Gasteiger partial charge >= 0.3 is 0 Å². The first-order chi connectivity index (χ1) is 10.00. The Balaban J connectivity index is 2.00. The SMILES string of the molecule is Cc1cc(C2CCCN2S(=O)(=O)c2ccccc2F)no1. The minimum atomic E-state index is -3.88. The number of hydrogen-bond donors (Lipinski definition) is 0. The van der Waals surface area contributed by atoms with Gasteiger partial charge in [-0.25, -0.2) is 12.8 Å². The number of rotatable bonds is 3. The maximum absolute atomic E-state index is 13.8. The van der Waals surface area contributed by atoms with Crippen LogP contribution in [-0.4, -0.2) is 24.4 Å². The van der Waals surface area contributed by atoms with E-state index in [9.17, 15) is 12.8 Å². The van der Waals surface area contributed by atoms with Crippen molar-refractivity contribution in [3.05, 3.63) is 47.6 Å². The molecule has 0 N–H and O–H groups in total. The second kappa shape index (κ2) is 5.23. The van der Waals surface area contributed by atoms with E-state index in [1.165, 1.54) is 22.5 Å². The van der Waals surface area contributed by atoms with Gasteiger partial charge in [-0.2, -0.15) is 4.31 Å². The van der Waals surface area contributed by atoms with E-state index < -0.39 is 21.9 Å². The van der Waals surface area contributed by atoms with Gasteiger partial charge in [0.1, 0.15) is 22.2 Å². The minimum absolute atomic E-state index is 0.294. The van der Waals surface area contributed by atoms with Crippen molar-refractivity contribution >= 4 is 10.0 Å². The van der Waals surface area contributed by atoms with Crippen LogP contribution < -0.4 is 0 Å². The summed E-state index contributed by atoms with van der Waals surface area (Å²) in [7, 11) is -3.88. The Labute approximate surface area is 122 Å². The van der Waals surface area contributed by atoms with Crippen LogP contribution in [-0.2, 0) is 10.0 Å². The molecule has 2 heterocycles. The van der Waals surface area contributed by atoms with Crippen molar-refractivity contribution < 1.29 is 17.3 Å². The van der Waals surface area contributed by atoms with E-state index in [1.54, 1.807) is 13.0 Å². The maximum atomic E-state index is 13.8. The number of aromatic nitrogens is 1. The van der Waals surface area contributed by atoms with Crippen molar-refractivity contribution in [3.63, 3.8) is 0 Å². The molecule has 7 heteroatoms. The number of aryl methyl sites for hydroxylation is 1. The van der Waals surface area contributed by atoms with Crippen molar-refractivity contribution in [2.75, 3.05) is 6.54 Å². The Morgan fingerprint density at radius 1 is 1.38 bits per heavy atom. The van der Waals surface area contributed by atoms with Crippen molar-refractivity contribution in [3.8, 4) is 0 Å². The van der Waals surface area contributed by atoms with E-state index in [-0.39, 0.29) is 4.90 Å². The first kappa shape index (κ1) is 14.2. The van der Waals surface area contributed by atoms with Gasteiger partial charge < -0.3 is 4.52 Å². The lowest BCUT2D eigenvalue weighted by Gasteiger charge is -2.22. The lowest BCUT2D eigenvalue weighted by Crippen LogP contribution is -2.31. The molecule has 0 saturated carbocycles. The van der Waals surface area contributed by atoms with Crippen LogP contribution in [0.2, 0.25) is 0 Å². The van der Waals surface area contributed by atoms with Gasteiger partial charge in [-0.3, -0.25) is 0 Å². The molecular formula is C14H15FN2O3S. The smallest absolute Gasteiger partial charge is 0.246 e. The Hall–Kier alpha value is -1.73. The highest BCUT2D eigenvalue weighted by Gasteiger charge is 2.38. The van der Waals surface area contributed by atoms with Gasteiger partial charge in [0.05, 0.1) is 6.04 Å². The van der Waals surface area contributed by atoms with Gasteiger partial charge in [0.15, 0.2) is 0 Å². The Morgan fingerprint density at radius 3 is 2.81 bits per heavy atom. The summed E-state index contributed by atoms with van der Waals surface area (Å²) in [6, 6.07) is 6.75. The van der Waals surface area contributed by atoms with Crippen LogP contribution in [0.3, 0.4) is 0 Å². The number of nitrogens with zero attached hydrogens (tertiary/aromatic N) is 2. The molecule has 1 atom stereocenters. The highest BCUT2D eigenvalue weighted by molar-refractivity contribution is 7.89. The summed E-state index contributed by atoms with van der Waals surface area (Å²) in [5, 5.41) is 3.90. The fourth-order valence-corrected chi connectivity index (χ4v) is 4.38. The zero-order valence-corrected chi connectivity index (χ0v) is 12.3. The molecule has 1 aliphatic heterocycles. The van der Waals surface area contributed by atoms with Crippen molar-refractivity contribution in [1.29, 1.82) is 0 Å². The Bertz CT molecular complexity index is 757. The first-order valence-corrected chi connectivity index (χ1v) is 8.14. The Morgan fingerprint density at radius 2 is 2.14 bits per heavy atom. The highest BCUT2D eigenvalue weighted by Crippen LogP contribution is 2.36. The van der Waals surface area contributed by atoms with Crippen molar-refractivity contribution in [2.45, 2.75) is 30.7 Å². The Kier molecular flexibility index (Phi) is 3.54. The summed E-state index contributed by atoms with van der Waals surface area (Å²) in [4.78, 5) is -0.294. The van der Waals surface area contributed by atoms with Crippen LogP contribution in [0.4, 0.5) is 4.39 Å². The van der Waals surface area contributed by atoms with Crippen molar-refractivity contribution in [1.82, 2.24) is 9.46 Å². The summed E-state index contributed by atoms with van der Waals surface area (Å²) in [5.74, 6) is -0.111. The molecule has 1 aromatic carbocycles. The van der Waals surface area contributed by atoms with Crippen LogP contribution in [0.25, 0.3) is 0 Å². The van der Waals surface area contributed by atoms with Crippen LogP contribution in [0.5, 0.6) is 0 Å². The van der Waals surface area contributed by atoms with E-state index in [0.29, 0.717) is 30.8 Å². The molecular weight excluding hydrogens is 295 g/mol. The van der Waals surface area contributed by atoms with E-state index in [1.807, 2.05) is 0 Å². The number of halogens is 1. The predicted molar refractivity (Wildman–Crippen MR) is 73.5 cm³/mol. The predicted octanol–water partition coefficient (Wildman–Crippen LogP) is 2.65. The molecule has 1 fully saturated rings. The molecule has 0 spiro atoms. The van der Waals surface area contributed by atoms with Gasteiger partial charge in [-0.1, -0.05) is 17.3 Å². The average Bonchev–Trinajstić information content (AvgIpc) is 3.07. The van der Waals surface area contributed by atoms with E-state index in [4.69, 9.17) is 4.52 Å². The first-order valence-electron chi connectivity index (χ1n) is 6.70. The van der Waals surface area contributed by atoms with Gasteiger partial charge in [-0.05, 0) is 31.9 Å². The molecule has 0 aliphatic carbocycles. The van der Waals surface area contributed by atoms with E-state index in [0.717, 1.165) is 6.07 Å². The lowest BCUT2D eigenvalue weighted by molar-refractivity contribution is 0.348. The molecule has 3 rings (SSSR count). The molecule has 1 saturated heterocycles. The zero-order chi connectivity index (χ0) is 15.0. The van der Waals surface area contributed by atoms with Gasteiger partial charge in [0.2, 0.25) is 10.0 Å². The molecule has 2 aromatic rings. The molecule has 1 aromatic heterocycles. The molecule has 21 heavy (non-hydrogen) atoms. The van der Waals surface area contributed by atoms with Crippen LogP contribution >= 0.6 is 0 Å². The minimum Gasteiger partial charge on any atom is -0.361 e. The number of sulfonamides is 1. The number of hydrogen-bond acceptors (Lipinski definition) is 4. The third-order valence-electron chi connectivity index (χ3n) is 3.61.